The van der Waals surface area contributed by atoms with Crippen LogP contribution in [0.25, 0.3) is 0 Å². The molecule has 1 amide bonds. The molecule has 1 N–H and O–H groups in total. The molecule has 2 heterocycles. The summed E-state index contributed by atoms with van der Waals surface area (Å²) in [6.07, 6.45) is 5.53. The van der Waals surface area contributed by atoms with Crippen molar-refractivity contribution in [3.05, 3.63) is 71.5 Å². The van der Waals surface area contributed by atoms with E-state index in [0.29, 0.717) is 25.2 Å². The van der Waals surface area contributed by atoms with E-state index in [1.54, 1.807) is 6.07 Å². The summed E-state index contributed by atoms with van der Waals surface area (Å²) in [5.41, 5.74) is 1.60. The SMILES string of the molecule is O=C(C1CCCCC1)N1CC2(C1)[C@@H](c1ccccc1)[C@@H](CO)N2Cc1ccccc1F. The van der Waals surface area contributed by atoms with E-state index in [1.165, 1.54) is 18.1 Å². The Morgan fingerprint density at radius 2 is 1.68 bits per heavy atom. The van der Waals surface area contributed by atoms with E-state index in [0.717, 1.165) is 25.7 Å². The molecule has 1 spiro atoms. The third-order valence-corrected chi connectivity index (χ3v) is 7.78. The van der Waals surface area contributed by atoms with Gasteiger partial charge in [-0.1, -0.05) is 67.8 Å². The first kappa shape index (κ1) is 20.7. The first-order valence-corrected chi connectivity index (χ1v) is 11.6. The van der Waals surface area contributed by atoms with E-state index < -0.39 is 0 Å². The Balaban J connectivity index is 1.41. The number of amides is 1. The quantitative estimate of drug-likeness (QED) is 0.794. The van der Waals surface area contributed by atoms with Crippen molar-refractivity contribution in [2.75, 3.05) is 19.7 Å². The third kappa shape index (κ3) is 3.48. The normalized spacial score (nSPS) is 25.8. The van der Waals surface area contributed by atoms with Crippen LogP contribution in [-0.4, -0.2) is 52.1 Å². The van der Waals surface area contributed by atoms with Gasteiger partial charge in [-0.15, -0.1) is 0 Å². The molecule has 3 fully saturated rings. The van der Waals surface area contributed by atoms with Crippen LogP contribution in [0.4, 0.5) is 4.39 Å². The predicted molar refractivity (Wildman–Crippen MR) is 118 cm³/mol. The highest BCUT2D eigenvalue weighted by molar-refractivity contribution is 5.80. The van der Waals surface area contributed by atoms with Gasteiger partial charge in [0, 0.05) is 43.1 Å². The van der Waals surface area contributed by atoms with Crippen LogP contribution in [0.1, 0.15) is 49.1 Å². The molecule has 164 valence electrons. The average molecular weight is 423 g/mol. The van der Waals surface area contributed by atoms with Crippen LogP contribution < -0.4 is 0 Å². The summed E-state index contributed by atoms with van der Waals surface area (Å²) >= 11 is 0. The van der Waals surface area contributed by atoms with Crippen molar-refractivity contribution < 1.29 is 14.3 Å². The zero-order chi connectivity index (χ0) is 21.4. The first-order chi connectivity index (χ1) is 15.1. The Hall–Kier alpha value is -2.24. The van der Waals surface area contributed by atoms with Crippen LogP contribution in [0.3, 0.4) is 0 Å². The van der Waals surface area contributed by atoms with E-state index in [4.69, 9.17) is 0 Å². The molecule has 1 aliphatic carbocycles. The molecule has 1 saturated carbocycles. The van der Waals surface area contributed by atoms with Crippen LogP contribution in [0.15, 0.2) is 54.6 Å². The molecule has 3 aliphatic rings. The molecule has 4 nitrogen and oxygen atoms in total. The number of carbonyl (C=O) groups excluding carboxylic acids is 1. The van der Waals surface area contributed by atoms with Gasteiger partial charge in [0.1, 0.15) is 5.82 Å². The monoisotopic (exact) mass is 422 g/mol. The number of aliphatic hydroxyl groups is 1. The van der Waals surface area contributed by atoms with Gasteiger partial charge < -0.3 is 10.0 Å². The third-order valence-electron chi connectivity index (χ3n) is 7.78. The minimum absolute atomic E-state index is 0.0202. The van der Waals surface area contributed by atoms with Gasteiger partial charge >= 0.3 is 0 Å². The molecule has 31 heavy (non-hydrogen) atoms. The lowest BCUT2D eigenvalue weighted by molar-refractivity contribution is -0.202. The van der Waals surface area contributed by atoms with Crippen LogP contribution in [0, 0.1) is 11.7 Å². The molecular weight excluding hydrogens is 391 g/mol. The van der Waals surface area contributed by atoms with Crippen molar-refractivity contribution in [1.29, 1.82) is 0 Å². The second-order valence-corrected chi connectivity index (χ2v) is 9.49. The first-order valence-electron chi connectivity index (χ1n) is 11.6. The maximum absolute atomic E-state index is 14.4. The second kappa shape index (κ2) is 8.36. The van der Waals surface area contributed by atoms with Gasteiger partial charge in [-0.3, -0.25) is 9.69 Å². The van der Waals surface area contributed by atoms with Crippen LogP contribution >= 0.6 is 0 Å². The van der Waals surface area contributed by atoms with Crippen molar-refractivity contribution >= 4 is 5.91 Å². The van der Waals surface area contributed by atoms with Gasteiger partial charge in [-0.05, 0) is 24.5 Å². The van der Waals surface area contributed by atoms with Crippen molar-refractivity contribution in [2.45, 2.75) is 56.1 Å². The van der Waals surface area contributed by atoms with Crippen molar-refractivity contribution in [2.24, 2.45) is 5.92 Å². The molecule has 2 aliphatic heterocycles. The van der Waals surface area contributed by atoms with Gasteiger partial charge in [-0.25, -0.2) is 4.39 Å². The zero-order valence-corrected chi connectivity index (χ0v) is 17.9. The summed E-state index contributed by atoms with van der Waals surface area (Å²) in [5.74, 6) is 0.373. The van der Waals surface area contributed by atoms with Gasteiger partial charge in [0.2, 0.25) is 5.91 Å². The molecule has 0 unspecified atom stereocenters. The van der Waals surface area contributed by atoms with Gasteiger partial charge in [0.15, 0.2) is 0 Å². The Morgan fingerprint density at radius 1 is 1.00 bits per heavy atom. The number of halogens is 1. The maximum atomic E-state index is 14.4. The molecule has 2 aromatic carbocycles. The summed E-state index contributed by atoms with van der Waals surface area (Å²) in [5, 5.41) is 10.3. The number of hydrogen-bond acceptors (Lipinski definition) is 3. The Bertz CT molecular complexity index is 922. The van der Waals surface area contributed by atoms with Crippen molar-refractivity contribution in [3.8, 4) is 0 Å². The Kier molecular flexibility index (Phi) is 5.57. The lowest BCUT2D eigenvalue weighted by atomic mass is 9.60. The predicted octanol–water partition coefficient (Wildman–Crippen LogP) is 3.95. The van der Waals surface area contributed by atoms with E-state index in [9.17, 15) is 14.3 Å². The minimum Gasteiger partial charge on any atom is -0.395 e. The average Bonchev–Trinajstić information content (AvgIpc) is 2.78. The molecule has 5 rings (SSSR count). The standard InChI is InChI=1S/C26H31FN2O2/c27-22-14-8-7-13-21(22)15-29-23(16-30)24(19-9-3-1-4-10-19)26(29)17-28(18-26)25(31)20-11-5-2-6-12-20/h1,3-4,7-10,13-14,20,23-24,30H,2,5-6,11-12,15-18H2/t23-,24+/m1/s1. The van der Waals surface area contributed by atoms with Gasteiger partial charge in [0.05, 0.1) is 12.1 Å². The highest BCUT2D eigenvalue weighted by atomic mass is 19.1. The lowest BCUT2D eigenvalue weighted by Gasteiger charge is -2.71. The fraction of sp³-hybridized carbons (Fsp3) is 0.500. The molecular formula is C26H31FN2O2. The fourth-order valence-electron chi connectivity index (χ4n) is 6.20. The molecule has 2 aromatic rings. The number of rotatable bonds is 5. The lowest BCUT2D eigenvalue weighted by Crippen LogP contribution is -2.84. The van der Waals surface area contributed by atoms with E-state index in [-0.39, 0.29) is 41.7 Å². The molecule has 2 atom stereocenters. The largest absolute Gasteiger partial charge is 0.395 e. The summed E-state index contributed by atoms with van der Waals surface area (Å²) < 4.78 is 14.4. The number of nitrogens with zero attached hydrogens (tertiary/aromatic N) is 2. The number of aliphatic hydroxyl groups excluding tert-OH is 1. The summed E-state index contributed by atoms with van der Waals surface area (Å²) in [6.45, 7) is 1.79. The smallest absolute Gasteiger partial charge is 0.225 e. The number of likely N-dealkylation sites (tertiary alicyclic amines) is 2. The van der Waals surface area contributed by atoms with Crippen molar-refractivity contribution in [1.82, 2.24) is 9.80 Å². The highest BCUT2D eigenvalue weighted by Gasteiger charge is 2.66. The van der Waals surface area contributed by atoms with Crippen molar-refractivity contribution in [3.63, 3.8) is 0 Å². The van der Waals surface area contributed by atoms with Crippen LogP contribution in [-0.2, 0) is 11.3 Å². The minimum atomic E-state index is -0.235. The molecule has 5 heteroatoms. The van der Waals surface area contributed by atoms with Gasteiger partial charge in [-0.2, -0.15) is 0 Å². The number of carbonyl (C=O) groups is 1. The van der Waals surface area contributed by atoms with E-state index >= 15 is 0 Å². The van der Waals surface area contributed by atoms with Crippen LogP contribution in [0.5, 0.6) is 0 Å². The van der Waals surface area contributed by atoms with E-state index in [2.05, 4.69) is 17.0 Å². The molecule has 0 aromatic heterocycles. The van der Waals surface area contributed by atoms with E-state index in [1.807, 2.05) is 35.2 Å². The maximum Gasteiger partial charge on any atom is 0.225 e. The van der Waals surface area contributed by atoms with Crippen LogP contribution in [0.2, 0.25) is 0 Å². The summed E-state index contributed by atoms with van der Waals surface area (Å²) in [4.78, 5) is 17.4. The second-order valence-electron chi connectivity index (χ2n) is 9.49. The fourth-order valence-corrected chi connectivity index (χ4v) is 6.20. The summed E-state index contributed by atoms with van der Waals surface area (Å²) in [6, 6.07) is 17.1. The molecule has 2 saturated heterocycles. The van der Waals surface area contributed by atoms with Gasteiger partial charge in [0.25, 0.3) is 0 Å². The highest BCUT2D eigenvalue weighted by Crippen LogP contribution is 2.54. The molecule has 0 radical (unpaired) electrons. The Labute approximate surface area is 183 Å². The molecule has 0 bridgehead atoms. The Morgan fingerprint density at radius 3 is 2.35 bits per heavy atom. The number of hydrogen-bond donors (Lipinski definition) is 1. The topological polar surface area (TPSA) is 43.8 Å². The number of benzene rings is 2. The summed E-state index contributed by atoms with van der Waals surface area (Å²) in [7, 11) is 0. The zero-order valence-electron chi connectivity index (χ0n) is 17.9.